The second kappa shape index (κ2) is 7.33. The van der Waals surface area contributed by atoms with Gasteiger partial charge in [0, 0.05) is 0 Å². The summed E-state index contributed by atoms with van der Waals surface area (Å²) in [5.41, 5.74) is 7.94. The van der Waals surface area contributed by atoms with Crippen LogP contribution < -0.4 is 16.0 Å². The Bertz CT molecular complexity index is 901. The lowest BCUT2D eigenvalue weighted by atomic mass is 10.2. The van der Waals surface area contributed by atoms with Gasteiger partial charge in [-0.3, -0.25) is 14.5 Å². The number of nitrogens with one attached hydrogen (secondary N) is 1. The number of anilines is 2. The van der Waals surface area contributed by atoms with Gasteiger partial charge in [-0.2, -0.15) is 0 Å². The predicted molar refractivity (Wildman–Crippen MR) is 104 cm³/mol. The van der Waals surface area contributed by atoms with Crippen molar-refractivity contribution in [2.75, 3.05) is 10.2 Å². The zero-order valence-corrected chi connectivity index (χ0v) is 14.6. The molecule has 3 N–H and O–H groups in total. The molecule has 1 aliphatic heterocycles. The third-order valence-electron chi connectivity index (χ3n) is 3.95. The highest BCUT2D eigenvalue weighted by Gasteiger charge is 2.30. The highest BCUT2D eigenvalue weighted by molar-refractivity contribution is 6.29. The van der Waals surface area contributed by atoms with Crippen molar-refractivity contribution in [2.45, 2.75) is 19.9 Å². The number of hydrogen-bond acceptors (Lipinski definition) is 4. The topological polar surface area (TPSA) is 87.8 Å². The molecular formula is C20H20N4O2. The molecule has 6 nitrogen and oxygen atoms in total. The fourth-order valence-corrected chi connectivity index (χ4v) is 2.64. The summed E-state index contributed by atoms with van der Waals surface area (Å²) in [6.45, 7) is 3.36. The maximum atomic E-state index is 12.9. The number of para-hydroxylation sites is 2. The van der Waals surface area contributed by atoms with E-state index < -0.39 is 6.04 Å². The lowest BCUT2D eigenvalue weighted by Crippen LogP contribution is -2.35. The van der Waals surface area contributed by atoms with Gasteiger partial charge in [0.25, 0.3) is 5.91 Å². The molecule has 0 saturated heterocycles. The highest BCUT2D eigenvalue weighted by atomic mass is 16.2. The van der Waals surface area contributed by atoms with Gasteiger partial charge in [0.05, 0.1) is 17.4 Å². The summed E-state index contributed by atoms with van der Waals surface area (Å²) in [6, 6.07) is 16.0. The normalized spacial score (nSPS) is 16.6. The third kappa shape index (κ3) is 3.55. The molecule has 6 heteroatoms. The van der Waals surface area contributed by atoms with Crippen LogP contribution in [0.4, 0.5) is 11.4 Å². The number of aliphatic imine (C=N–C) groups is 1. The Kier molecular flexibility index (Phi) is 4.95. The summed E-state index contributed by atoms with van der Waals surface area (Å²) in [4.78, 5) is 30.8. The first-order valence-electron chi connectivity index (χ1n) is 8.29. The van der Waals surface area contributed by atoms with Crippen molar-refractivity contribution >= 4 is 35.1 Å². The molecule has 1 unspecified atom stereocenters. The number of amides is 2. The van der Waals surface area contributed by atoms with Gasteiger partial charge in [0.15, 0.2) is 0 Å². The smallest absolute Gasteiger partial charge is 0.282 e. The fraction of sp³-hybridized carbons (Fsp3) is 0.150. The summed E-state index contributed by atoms with van der Waals surface area (Å²) in [5, 5.41) is 2.76. The predicted octanol–water partition coefficient (Wildman–Crippen LogP) is 2.78. The summed E-state index contributed by atoms with van der Waals surface area (Å²) in [5.74, 6) is -0.0211. The maximum Gasteiger partial charge on any atom is 0.282 e. The summed E-state index contributed by atoms with van der Waals surface area (Å²) >= 11 is 0. The molecule has 0 aliphatic carbocycles. The van der Waals surface area contributed by atoms with E-state index in [1.165, 1.54) is 4.90 Å². The van der Waals surface area contributed by atoms with Crippen molar-refractivity contribution in [1.29, 1.82) is 0 Å². The van der Waals surface area contributed by atoms with Gasteiger partial charge in [-0.1, -0.05) is 42.5 Å². The number of amidine groups is 1. The van der Waals surface area contributed by atoms with Gasteiger partial charge in [0.2, 0.25) is 5.91 Å². The molecule has 132 valence electrons. The van der Waals surface area contributed by atoms with Crippen molar-refractivity contribution < 1.29 is 9.59 Å². The molecule has 0 aromatic heterocycles. The second-order valence-corrected chi connectivity index (χ2v) is 6.03. The molecule has 1 atom stereocenters. The second-order valence-electron chi connectivity index (χ2n) is 6.03. The van der Waals surface area contributed by atoms with Crippen LogP contribution in [-0.4, -0.2) is 23.7 Å². The molecule has 2 aromatic rings. The number of nitrogens with two attached hydrogens (primary N) is 1. The van der Waals surface area contributed by atoms with Gasteiger partial charge < -0.3 is 11.1 Å². The van der Waals surface area contributed by atoms with Crippen LogP contribution in [0.3, 0.4) is 0 Å². The number of rotatable bonds is 4. The van der Waals surface area contributed by atoms with Gasteiger partial charge >= 0.3 is 0 Å². The van der Waals surface area contributed by atoms with Crippen molar-refractivity contribution in [3.63, 3.8) is 0 Å². The Labute approximate surface area is 152 Å². The van der Waals surface area contributed by atoms with E-state index in [2.05, 4.69) is 10.3 Å². The van der Waals surface area contributed by atoms with Gasteiger partial charge in [-0.25, -0.2) is 4.99 Å². The first-order chi connectivity index (χ1) is 12.5. The van der Waals surface area contributed by atoms with E-state index in [0.717, 1.165) is 5.56 Å². The third-order valence-corrected chi connectivity index (χ3v) is 3.95. The average Bonchev–Trinajstić information content (AvgIpc) is 2.90. The first kappa shape index (κ1) is 17.6. The molecule has 26 heavy (non-hydrogen) atoms. The minimum Gasteiger partial charge on any atom is -0.323 e. The molecule has 0 radical (unpaired) electrons. The SMILES string of the molecule is CC1=N/C(=C\c2ccccc2)C(=O)N1c1ccccc1NC(=O)C(C)N. The van der Waals surface area contributed by atoms with Gasteiger partial charge in [0.1, 0.15) is 11.5 Å². The summed E-state index contributed by atoms with van der Waals surface area (Å²) in [7, 11) is 0. The minimum atomic E-state index is -0.652. The Morgan fingerprint density at radius 1 is 1.15 bits per heavy atom. The minimum absolute atomic E-state index is 0.242. The number of hydrogen-bond donors (Lipinski definition) is 2. The van der Waals surface area contributed by atoms with Crippen LogP contribution >= 0.6 is 0 Å². The van der Waals surface area contributed by atoms with Gasteiger partial charge in [-0.05, 0) is 37.6 Å². The molecular weight excluding hydrogens is 328 g/mol. The molecule has 0 bridgehead atoms. The molecule has 0 spiro atoms. The molecule has 0 saturated carbocycles. The van der Waals surface area contributed by atoms with E-state index in [0.29, 0.717) is 22.9 Å². The van der Waals surface area contributed by atoms with Crippen molar-refractivity contribution in [3.05, 3.63) is 65.9 Å². The van der Waals surface area contributed by atoms with Crippen molar-refractivity contribution in [1.82, 2.24) is 0 Å². The Morgan fingerprint density at radius 2 is 1.81 bits per heavy atom. The number of nitrogens with zero attached hydrogens (tertiary/aromatic N) is 2. The first-order valence-corrected chi connectivity index (χ1v) is 8.29. The molecule has 3 rings (SSSR count). The molecule has 1 aliphatic rings. The maximum absolute atomic E-state index is 12.9. The van der Waals surface area contributed by atoms with Gasteiger partial charge in [-0.15, -0.1) is 0 Å². The zero-order chi connectivity index (χ0) is 18.7. The van der Waals surface area contributed by atoms with Crippen molar-refractivity contribution in [3.8, 4) is 0 Å². The van der Waals surface area contributed by atoms with Crippen LogP contribution in [0.5, 0.6) is 0 Å². The Morgan fingerprint density at radius 3 is 2.50 bits per heavy atom. The van der Waals surface area contributed by atoms with Crippen LogP contribution in [0.1, 0.15) is 19.4 Å². The lowest BCUT2D eigenvalue weighted by Gasteiger charge is -2.20. The van der Waals surface area contributed by atoms with E-state index in [1.807, 2.05) is 30.3 Å². The monoisotopic (exact) mass is 348 g/mol. The van der Waals surface area contributed by atoms with E-state index in [1.54, 1.807) is 44.2 Å². The molecule has 1 heterocycles. The lowest BCUT2D eigenvalue weighted by molar-refractivity contribution is -0.117. The molecule has 2 amide bonds. The van der Waals surface area contributed by atoms with Crippen LogP contribution in [0.25, 0.3) is 6.08 Å². The number of carbonyl (C=O) groups is 2. The van der Waals surface area contributed by atoms with Crippen LogP contribution in [-0.2, 0) is 9.59 Å². The van der Waals surface area contributed by atoms with E-state index >= 15 is 0 Å². The summed E-state index contributed by atoms with van der Waals surface area (Å²) < 4.78 is 0. The highest BCUT2D eigenvalue weighted by Crippen LogP contribution is 2.31. The van der Waals surface area contributed by atoms with Crippen LogP contribution in [0.2, 0.25) is 0 Å². The van der Waals surface area contributed by atoms with Crippen molar-refractivity contribution in [2.24, 2.45) is 10.7 Å². The van der Waals surface area contributed by atoms with E-state index in [-0.39, 0.29) is 11.8 Å². The Hall–Kier alpha value is -3.25. The standard InChI is InChI=1S/C20H20N4O2/c1-13(21)19(25)23-16-10-6-7-11-18(16)24-14(2)22-17(20(24)26)12-15-8-4-3-5-9-15/h3-13H,21H2,1-2H3,(H,23,25)/b17-12-. The number of benzene rings is 2. The average molecular weight is 348 g/mol. The van der Waals surface area contributed by atoms with Crippen LogP contribution in [0.15, 0.2) is 65.3 Å². The zero-order valence-electron chi connectivity index (χ0n) is 14.6. The molecule has 0 fully saturated rings. The Balaban J connectivity index is 1.94. The number of carbonyl (C=O) groups excluding carboxylic acids is 2. The fourth-order valence-electron chi connectivity index (χ4n) is 2.64. The van der Waals surface area contributed by atoms with Crippen LogP contribution in [0, 0.1) is 0 Å². The summed E-state index contributed by atoms with van der Waals surface area (Å²) in [6.07, 6.45) is 1.75. The van der Waals surface area contributed by atoms with E-state index in [4.69, 9.17) is 5.73 Å². The molecule has 2 aromatic carbocycles. The quantitative estimate of drug-likeness (QED) is 0.833. The largest absolute Gasteiger partial charge is 0.323 e. The van der Waals surface area contributed by atoms with E-state index in [9.17, 15) is 9.59 Å².